The highest BCUT2D eigenvalue weighted by atomic mass is 16.4. The van der Waals surface area contributed by atoms with Crippen LogP contribution in [0.3, 0.4) is 0 Å². The molecular formula is C18H24N2O3. The smallest absolute Gasteiger partial charge is 0.320 e. The summed E-state index contributed by atoms with van der Waals surface area (Å²) in [6, 6.07) is 7.70. The van der Waals surface area contributed by atoms with Crippen molar-refractivity contribution >= 4 is 17.6 Å². The number of carbonyl (C=O) groups excluding carboxylic acids is 1. The van der Waals surface area contributed by atoms with E-state index >= 15 is 0 Å². The summed E-state index contributed by atoms with van der Waals surface area (Å²) in [5.41, 5.74) is 1.81. The molecule has 3 atom stereocenters. The summed E-state index contributed by atoms with van der Waals surface area (Å²) < 4.78 is 0. The minimum Gasteiger partial charge on any atom is -0.480 e. The topological polar surface area (TPSA) is 69.6 Å². The summed E-state index contributed by atoms with van der Waals surface area (Å²) in [5, 5.41) is 12.4. The number of nitrogens with one attached hydrogen (secondary N) is 1. The number of carbonyl (C=O) groups is 2. The maximum Gasteiger partial charge on any atom is 0.320 e. The Hall–Kier alpha value is -1.88. The van der Waals surface area contributed by atoms with Crippen LogP contribution in [0, 0.1) is 5.92 Å². The number of carboxylic acids is 1. The van der Waals surface area contributed by atoms with Crippen LogP contribution in [0.25, 0.3) is 0 Å². The second kappa shape index (κ2) is 6.71. The Kier molecular flexibility index (Phi) is 4.66. The third kappa shape index (κ3) is 3.55. The average molecular weight is 316 g/mol. The van der Waals surface area contributed by atoms with Gasteiger partial charge >= 0.3 is 5.97 Å². The maximum atomic E-state index is 11.7. The number of rotatable bonds is 4. The monoisotopic (exact) mass is 316 g/mol. The van der Waals surface area contributed by atoms with Crippen LogP contribution in [-0.4, -0.2) is 34.0 Å². The Morgan fingerprint density at radius 1 is 1.30 bits per heavy atom. The highest BCUT2D eigenvalue weighted by Crippen LogP contribution is 2.40. The third-order valence-corrected chi connectivity index (χ3v) is 5.12. The van der Waals surface area contributed by atoms with Gasteiger partial charge in [0, 0.05) is 25.2 Å². The number of likely N-dealkylation sites (tertiary alicyclic amines) is 1. The van der Waals surface area contributed by atoms with Crippen LogP contribution in [0.1, 0.15) is 44.6 Å². The van der Waals surface area contributed by atoms with Crippen LogP contribution in [0.15, 0.2) is 24.3 Å². The number of nitrogens with zero attached hydrogens (tertiary/aromatic N) is 1. The summed E-state index contributed by atoms with van der Waals surface area (Å²) in [6.45, 7) is 2.12. The maximum absolute atomic E-state index is 11.7. The van der Waals surface area contributed by atoms with Gasteiger partial charge in [0.1, 0.15) is 6.04 Å². The van der Waals surface area contributed by atoms with E-state index in [0.29, 0.717) is 18.5 Å². The molecule has 1 saturated heterocycles. The van der Waals surface area contributed by atoms with E-state index in [1.807, 2.05) is 24.3 Å². The number of hydrogen-bond acceptors (Lipinski definition) is 3. The molecule has 3 unspecified atom stereocenters. The van der Waals surface area contributed by atoms with E-state index in [1.54, 1.807) is 0 Å². The molecule has 1 aromatic carbocycles. The largest absolute Gasteiger partial charge is 0.480 e. The number of anilines is 1. The zero-order valence-corrected chi connectivity index (χ0v) is 13.5. The third-order valence-electron chi connectivity index (χ3n) is 5.12. The van der Waals surface area contributed by atoms with Crippen molar-refractivity contribution < 1.29 is 14.7 Å². The molecule has 1 heterocycles. The van der Waals surface area contributed by atoms with Crippen LogP contribution >= 0.6 is 0 Å². The van der Waals surface area contributed by atoms with Crippen molar-refractivity contribution in [1.29, 1.82) is 0 Å². The highest BCUT2D eigenvalue weighted by Gasteiger charge is 2.44. The molecule has 0 radical (unpaired) electrons. The summed E-state index contributed by atoms with van der Waals surface area (Å²) in [7, 11) is 0. The van der Waals surface area contributed by atoms with Gasteiger partial charge in [-0.3, -0.25) is 14.5 Å². The Morgan fingerprint density at radius 3 is 2.83 bits per heavy atom. The minimum atomic E-state index is -0.711. The lowest BCUT2D eigenvalue weighted by atomic mass is 9.84. The molecule has 23 heavy (non-hydrogen) atoms. The van der Waals surface area contributed by atoms with E-state index in [9.17, 15) is 14.7 Å². The molecular weight excluding hydrogens is 292 g/mol. The fourth-order valence-corrected chi connectivity index (χ4v) is 4.18. The second-order valence-electron chi connectivity index (χ2n) is 6.76. The van der Waals surface area contributed by atoms with E-state index in [0.717, 1.165) is 30.5 Å². The Bertz CT molecular complexity index is 602. The quantitative estimate of drug-likeness (QED) is 0.896. The molecule has 5 nitrogen and oxygen atoms in total. The first kappa shape index (κ1) is 16.0. The molecule has 3 rings (SSSR count). The zero-order valence-electron chi connectivity index (χ0n) is 13.5. The van der Waals surface area contributed by atoms with E-state index in [2.05, 4.69) is 10.2 Å². The fraction of sp³-hybridized carbons (Fsp3) is 0.556. The highest BCUT2D eigenvalue weighted by molar-refractivity contribution is 5.88. The van der Waals surface area contributed by atoms with Crippen molar-refractivity contribution in [2.24, 2.45) is 5.92 Å². The lowest BCUT2D eigenvalue weighted by Gasteiger charge is -2.33. The Labute approximate surface area is 136 Å². The molecule has 0 bridgehead atoms. The average Bonchev–Trinajstić information content (AvgIpc) is 2.86. The van der Waals surface area contributed by atoms with Crippen LogP contribution in [0.4, 0.5) is 5.69 Å². The van der Waals surface area contributed by atoms with Crippen LogP contribution in [-0.2, 0) is 16.1 Å². The lowest BCUT2D eigenvalue weighted by Crippen LogP contribution is -2.41. The lowest BCUT2D eigenvalue weighted by molar-refractivity contribution is -0.142. The molecule has 1 aliphatic heterocycles. The second-order valence-corrected chi connectivity index (χ2v) is 6.76. The number of carboxylic acid groups (broad SMARTS) is 1. The SMILES string of the molecule is CC(=O)Nc1cccc(CN2C(C(=O)O)CC3CCCCC32)c1. The molecule has 0 spiro atoms. The number of fused-ring (bicyclic) bond motifs is 1. The standard InChI is InChI=1S/C18H24N2O3/c1-12(21)19-15-7-4-5-13(9-15)11-20-16-8-3-2-6-14(16)10-17(20)18(22)23/h4-5,7,9,14,16-17H,2-3,6,8,10-11H2,1H3,(H,19,21)(H,22,23). The molecule has 2 fully saturated rings. The van der Waals surface area contributed by atoms with Gasteiger partial charge in [0.15, 0.2) is 0 Å². The summed E-state index contributed by atoms with van der Waals surface area (Å²) in [5.74, 6) is -0.292. The zero-order chi connectivity index (χ0) is 16.4. The first-order valence-electron chi connectivity index (χ1n) is 8.39. The first-order valence-corrected chi connectivity index (χ1v) is 8.39. The van der Waals surface area contributed by atoms with Crippen molar-refractivity contribution in [2.45, 2.75) is 57.7 Å². The van der Waals surface area contributed by atoms with E-state index in [-0.39, 0.29) is 11.9 Å². The predicted molar refractivity (Wildman–Crippen MR) is 88.1 cm³/mol. The summed E-state index contributed by atoms with van der Waals surface area (Å²) in [6.07, 6.45) is 5.43. The van der Waals surface area contributed by atoms with Gasteiger partial charge in [-0.2, -0.15) is 0 Å². The molecule has 124 valence electrons. The molecule has 1 saturated carbocycles. The van der Waals surface area contributed by atoms with Crippen LogP contribution in [0.2, 0.25) is 0 Å². The van der Waals surface area contributed by atoms with Crippen molar-refractivity contribution in [3.63, 3.8) is 0 Å². The normalized spacial score (nSPS) is 27.4. The number of aliphatic carboxylic acids is 1. The van der Waals surface area contributed by atoms with Gasteiger partial charge < -0.3 is 10.4 Å². The van der Waals surface area contributed by atoms with Gasteiger partial charge in [0.25, 0.3) is 0 Å². The summed E-state index contributed by atoms with van der Waals surface area (Å²) in [4.78, 5) is 25.0. The van der Waals surface area contributed by atoms with Crippen molar-refractivity contribution in [3.05, 3.63) is 29.8 Å². The van der Waals surface area contributed by atoms with Gasteiger partial charge in [-0.05, 0) is 42.9 Å². The molecule has 0 aromatic heterocycles. The van der Waals surface area contributed by atoms with E-state index in [1.165, 1.54) is 19.8 Å². The molecule has 5 heteroatoms. The number of benzene rings is 1. The van der Waals surface area contributed by atoms with Gasteiger partial charge in [-0.15, -0.1) is 0 Å². The Morgan fingerprint density at radius 2 is 2.09 bits per heavy atom. The van der Waals surface area contributed by atoms with Crippen LogP contribution < -0.4 is 5.32 Å². The van der Waals surface area contributed by atoms with Crippen molar-refractivity contribution in [2.75, 3.05) is 5.32 Å². The van der Waals surface area contributed by atoms with Gasteiger partial charge in [0.2, 0.25) is 5.91 Å². The summed E-state index contributed by atoms with van der Waals surface area (Å²) >= 11 is 0. The van der Waals surface area contributed by atoms with Crippen molar-refractivity contribution in [1.82, 2.24) is 4.90 Å². The fourth-order valence-electron chi connectivity index (χ4n) is 4.18. The number of amides is 1. The Balaban J connectivity index is 1.78. The number of hydrogen-bond donors (Lipinski definition) is 2. The van der Waals surface area contributed by atoms with E-state index in [4.69, 9.17) is 0 Å². The van der Waals surface area contributed by atoms with Gasteiger partial charge in [-0.1, -0.05) is 25.0 Å². The van der Waals surface area contributed by atoms with Gasteiger partial charge in [-0.25, -0.2) is 0 Å². The van der Waals surface area contributed by atoms with Crippen molar-refractivity contribution in [3.8, 4) is 0 Å². The molecule has 2 N–H and O–H groups in total. The molecule has 1 aromatic rings. The first-order chi connectivity index (χ1) is 11.0. The molecule has 2 aliphatic rings. The molecule has 1 amide bonds. The van der Waals surface area contributed by atoms with E-state index < -0.39 is 5.97 Å². The minimum absolute atomic E-state index is 0.0981. The predicted octanol–water partition coefficient (Wildman–Crippen LogP) is 2.86. The van der Waals surface area contributed by atoms with Crippen LogP contribution in [0.5, 0.6) is 0 Å². The molecule has 1 aliphatic carbocycles. The van der Waals surface area contributed by atoms with Gasteiger partial charge in [0.05, 0.1) is 0 Å².